The van der Waals surface area contributed by atoms with Crippen molar-refractivity contribution in [2.75, 3.05) is 13.7 Å². The molecule has 6 heteroatoms. The summed E-state index contributed by atoms with van der Waals surface area (Å²) in [5, 5.41) is 0. The molecule has 5 rings (SSSR count). The number of aromatic nitrogens is 2. The lowest BCUT2D eigenvalue weighted by Crippen LogP contribution is -2.27. The summed E-state index contributed by atoms with van der Waals surface area (Å²) in [5.41, 5.74) is 8.83. The number of rotatable bonds is 4. The van der Waals surface area contributed by atoms with Gasteiger partial charge in [0.1, 0.15) is 0 Å². The molecule has 0 aliphatic carbocycles. The van der Waals surface area contributed by atoms with E-state index in [0.717, 1.165) is 41.1 Å². The molecule has 0 atom stereocenters. The van der Waals surface area contributed by atoms with Crippen molar-refractivity contribution < 1.29 is 9.53 Å². The van der Waals surface area contributed by atoms with E-state index in [1.807, 2.05) is 0 Å². The van der Waals surface area contributed by atoms with Crippen LogP contribution in [-0.4, -0.2) is 40.0 Å². The van der Waals surface area contributed by atoms with Gasteiger partial charge in [-0.15, -0.1) is 0 Å². The summed E-state index contributed by atoms with van der Waals surface area (Å²) in [6.45, 7) is 4.69. The summed E-state index contributed by atoms with van der Waals surface area (Å²) in [4.78, 5) is 28.1. The fourth-order valence-electron chi connectivity index (χ4n) is 4.44. The number of ether oxygens (including phenoxy) is 1. The van der Waals surface area contributed by atoms with Crippen LogP contribution in [0.2, 0.25) is 0 Å². The van der Waals surface area contributed by atoms with Crippen LogP contribution in [0, 0.1) is 6.92 Å². The number of fused-ring (bicyclic) bond motifs is 2. The maximum absolute atomic E-state index is 12.7. The van der Waals surface area contributed by atoms with Crippen LogP contribution in [0.5, 0.6) is 6.01 Å². The monoisotopic (exact) mass is 412 g/mol. The van der Waals surface area contributed by atoms with Crippen LogP contribution in [0.3, 0.4) is 0 Å². The summed E-state index contributed by atoms with van der Waals surface area (Å²) < 4.78 is 5.07. The Balaban J connectivity index is 1.45. The van der Waals surface area contributed by atoms with E-state index in [-0.39, 0.29) is 5.78 Å². The smallest absolute Gasteiger partial charge is 0.316 e. The van der Waals surface area contributed by atoms with Crippen molar-refractivity contribution in [3.63, 3.8) is 0 Å². The Bertz CT molecular complexity index is 1180. The summed E-state index contributed by atoms with van der Waals surface area (Å²) >= 11 is 0. The summed E-state index contributed by atoms with van der Waals surface area (Å²) in [6, 6.07) is 13.2. The van der Waals surface area contributed by atoms with Crippen molar-refractivity contribution in [2.45, 2.75) is 33.0 Å². The molecular formula is C25H24N4O2. The molecule has 2 aromatic carbocycles. The first kappa shape index (κ1) is 19.6. The van der Waals surface area contributed by atoms with Gasteiger partial charge < -0.3 is 4.74 Å². The van der Waals surface area contributed by atoms with Gasteiger partial charge in [0.2, 0.25) is 0 Å². The number of aliphatic imine (C=N–C) groups is 1. The number of ketones is 1. The Kier molecular flexibility index (Phi) is 5.08. The quantitative estimate of drug-likeness (QED) is 0.658. The molecule has 0 amide bonds. The molecule has 3 aromatic rings. The highest BCUT2D eigenvalue weighted by atomic mass is 16.5. The first-order valence-electron chi connectivity index (χ1n) is 10.4. The minimum atomic E-state index is 0.258. The molecule has 0 N–H and O–H groups in total. The minimum absolute atomic E-state index is 0.258. The second-order valence-corrected chi connectivity index (χ2v) is 8.25. The molecule has 2 aliphatic heterocycles. The van der Waals surface area contributed by atoms with Crippen molar-refractivity contribution in [3.05, 3.63) is 87.7 Å². The van der Waals surface area contributed by atoms with Crippen molar-refractivity contribution in [3.8, 4) is 6.01 Å². The zero-order valence-electron chi connectivity index (χ0n) is 17.8. The standard InChI is InChI=1S/C25H24N4O2/c1-16-4-3-5-17(6-16)13-29-14-20-9-23-19(7-18(20)8-22(30)15-29)10-26-24(23)21-11-27-25(31-2)28-12-21/h3-7,9,11-12H,8,10,13-15H2,1-2H3. The van der Waals surface area contributed by atoms with Gasteiger partial charge in [-0.2, -0.15) is 0 Å². The lowest BCUT2D eigenvalue weighted by atomic mass is 9.94. The SMILES string of the molecule is COc1ncc(C2=NCc3cc4c(cc32)CN(Cc2cccc(C)c2)CC(=O)C4)cn1. The number of benzene rings is 2. The van der Waals surface area contributed by atoms with E-state index in [1.54, 1.807) is 19.5 Å². The van der Waals surface area contributed by atoms with Gasteiger partial charge in [0, 0.05) is 43.0 Å². The average molecular weight is 412 g/mol. The van der Waals surface area contributed by atoms with E-state index in [9.17, 15) is 4.79 Å². The third-order valence-electron chi connectivity index (χ3n) is 5.84. The third kappa shape index (κ3) is 3.99. The highest BCUT2D eigenvalue weighted by Crippen LogP contribution is 2.29. The van der Waals surface area contributed by atoms with Crippen LogP contribution < -0.4 is 4.74 Å². The molecule has 31 heavy (non-hydrogen) atoms. The molecule has 156 valence electrons. The molecule has 0 bridgehead atoms. The molecule has 0 fully saturated rings. The lowest BCUT2D eigenvalue weighted by molar-refractivity contribution is -0.119. The lowest BCUT2D eigenvalue weighted by Gasteiger charge is -2.20. The number of carbonyl (C=O) groups excluding carboxylic acids is 1. The van der Waals surface area contributed by atoms with Gasteiger partial charge in [0.15, 0.2) is 5.78 Å². The summed E-state index contributed by atoms with van der Waals surface area (Å²) in [5.74, 6) is 0.258. The van der Waals surface area contributed by atoms with Gasteiger partial charge in [0.05, 0.1) is 25.9 Å². The van der Waals surface area contributed by atoms with Gasteiger partial charge in [0.25, 0.3) is 0 Å². The fraction of sp³-hybridized carbons (Fsp3) is 0.280. The maximum atomic E-state index is 12.7. The predicted octanol–water partition coefficient (Wildman–Crippen LogP) is 3.27. The number of Topliss-reactive ketones (excluding diaryl/α,β-unsaturated/α-hetero) is 1. The molecule has 0 unspecified atom stereocenters. The average Bonchev–Trinajstić information content (AvgIpc) is 3.09. The summed E-state index contributed by atoms with van der Waals surface area (Å²) in [7, 11) is 1.55. The van der Waals surface area contributed by atoms with Crippen molar-refractivity contribution in [1.29, 1.82) is 0 Å². The highest BCUT2D eigenvalue weighted by Gasteiger charge is 2.25. The molecule has 3 heterocycles. The van der Waals surface area contributed by atoms with Crippen LogP contribution in [0.1, 0.15) is 38.9 Å². The number of nitrogens with zero attached hydrogens (tertiary/aromatic N) is 4. The van der Waals surface area contributed by atoms with Crippen LogP contribution in [0.4, 0.5) is 0 Å². The van der Waals surface area contributed by atoms with E-state index in [2.05, 4.69) is 58.2 Å². The van der Waals surface area contributed by atoms with E-state index in [0.29, 0.717) is 25.5 Å². The molecule has 2 aliphatic rings. The number of hydrogen-bond donors (Lipinski definition) is 0. The van der Waals surface area contributed by atoms with Crippen LogP contribution in [0.15, 0.2) is 53.8 Å². The van der Waals surface area contributed by atoms with Gasteiger partial charge in [-0.1, -0.05) is 35.9 Å². The molecule has 0 saturated heterocycles. The largest absolute Gasteiger partial charge is 0.467 e. The van der Waals surface area contributed by atoms with Crippen LogP contribution >= 0.6 is 0 Å². The normalized spacial score (nSPS) is 15.8. The van der Waals surface area contributed by atoms with Crippen molar-refractivity contribution >= 4 is 11.5 Å². The Morgan fingerprint density at radius 3 is 2.65 bits per heavy atom. The second kappa shape index (κ2) is 8.04. The first-order chi connectivity index (χ1) is 15.1. The molecule has 1 aromatic heterocycles. The fourth-order valence-corrected chi connectivity index (χ4v) is 4.44. The predicted molar refractivity (Wildman–Crippen MR) is 118 cm³/mol. The Labute approximate surface area is 181 Å². The van der Waals surface area contributed by atoms with Crippen LogP contribution in [0.25, 0.3) is 0 Å². The first-order valence-corrected chi connectivity index (χ1v) is 10.4. The zero-order chi connectivity index (χ0) is 21.4. The second-order valence-electron chi connectivity index (χ2n) is 8.25. The van der Waals surface area contributed by atoms with Crippen molar-refractivity contribution in [2.24, 2.45) is 4.99 Å². The molecule has 0 radical (unpaired) electrons. The number of hydrogen-bond acceptors (Lipinski definition) is 6. The number of methoxy groups -OCH3 is 1. The molecular weight excluding hydrogens is 388 g/mol. The van der Waals surface area contributed by atoms with E-state index < -0.39 is 0 Å². The minimum Gasteiger partial charge on any atom is -0.467 e. The van der Waals surface area contributed by atoms with Gasteiger partial charge >= 0.3 is 6.01 Å². The van der Waals surface area contributed by atoms with Gasteiger partial charge in [-0.3, -0.25) is 14.7 Å². The maximum Gasteiger partial charge on any atom is 0.316 e. The van der Waals surface area contributed by atoms with E-state index in [4.69, 9.17) is 9.73 Å². The molecule has 0 spiro atoms. The van der Waals surface area contributed by atoms with Gasteiger partial charge in [-0.25, -0.2) is 9.97 Å². The summed E-state index contributed by atoms with van der Waals surface area (Å²) in [6.07, 6.45) is 3.98. The highest BCUT2D eigenvalue weighted by molar-refractivity contribution is 6.15. The topological polar surface area (TPSA) is 67.7 Å². The van der Waals surface area contributed by atoms with Crippen LogP contribution in [-0.2, 0) is 30.8 Å². The number of aryl methyl sites for hydroxylation is 1. The Hall–Kier alpha value is -3.38. The van der Waals surface area contributed by atoms with E-state index >= 15 is 0 Å². The molecule has 6 nitrogen and oxygen atoms in total. The molecule has 0 saturated carbocycles. The number of carbonyl (C=O) groups is 1. The van der Waals surface area contributed by atoms with Crippen molar-refractivity contribution in [1.82, 2.24) is 14.9 Å². The zero-order valence-corrected chi connectivity index (χ0v) is 17.8. The van der Waals surface area contributed by atoms with E-state index in [1.165, 1.54) is 16.7 Å². The Morgan fingerprint density at radius 1 is 1.03 bits per heavy atom. The van der Waals surface area contributed by atoms with Gasteiger partial charge in [-0.05, 0) is 35.2 Å². The third-order valence-corrected chi connectivity index (χ3v) is 5.84. The Morgan fingerprint density at radius 2 is 1.87 bits per heavy atom.